The second kappa shape index (κ2) is 4.85. The van der Waals surface area contributed by atoms with E-state index in [2.05, 4.69) is 24.5 Å². The van der Waals surface area contributed by atoms with Gasteiger partial charge in [0, 0.05) is 12.2 Å². The molecule has 0 unspecified atom stereocenters. The Balaban J connectivity index is 2.81. The molecule has 0 aliphatic carbocycles. The van der Waals surface area contributed by atoms with E-state index in [1.165, 1.54) is 18.5 Å². The van der Waals surface area contributed by atoms with Gasteiger partial charge in [0.15, 0.2) is 6.29 Å². The number of aldehydes is 1. The molecule has 0 N–H and O–H groups in total. The summed E-state index contributed by atoms with van der Waals surface area (Å²) in [5, 5.41) is 0. The van der Waals surface area contributed by atoms with E-state index in [0.29, 0.717) is 0 Å². The van der Waals surface area contributed by atoms with E-state index in [9.17, 15) is 4.79 Å². The van der Waals surface area contributed by atoms with Gasteiger partial charge in [0.2, 0.25) is 0 Å². The van der Waals surface area contributed by atoms with Crippen LogP contribution in [-0.4, -0.2) is 10.9 Å². The fourth-order valence-electron chi connectivity index (χ4n) is 1.59. The van der Waals surface area contributed by atoms with Crippen LogP contribution in [0.4, 0.5) is 0 Å². The van der Waals surface area contributed by atoms with Gasteiger partial charge in [0.05, 0.1) is 5.69 Å². The summed E-state index contributed by atoms with van der Waals surface area (Å²) in [6, 6.07) is 3.96. The van der Waals surface area contributed by atoms with Crippen molar-refractivity contribution in [2.75, 3.05) is 0 Å². The van der Waals surface area contributed by atoms with Crippen molar-refractivity contribution in [3.05, 3.63) is 23.5 Å². The summed E-state index contributed by atoms with van der Waals surface area (Å²) < 4.78 is 2.09. The maximum absolute atomic E-state index is 10.7. The third kappa shape index (κ3) is 2.20. The number of hydrogen-bond acceptors (Lipinski definition) is 1. The molecule has 13 heavy (non-hydrogen) atoms. The van der Waals surface area contributed by atoms with E-state index in [1.54, 1.807) is 0 Å². The standard InChI is InChI=1S/C11H17NO/c1-3-5-6-10-7-8-11(9-13)12(10)4-2/h7-9H,3-6H2,1-2H3. The first kappa shape index (κ1) is 10.0. The SMILES string of the molecule is CCCCc1ccc(C=O)n1CC. The van der Waals surface area contributed by atoms with Gasteiger partial charge in [-0.2, -0.15) is 0 Å². The zero-order valence-corrected chi connectivity index (χ0v) is 8.42. The van der Waals surface area contributed by atoms with Crippen molar-refractivity contribution < 1.29 is 4.79 Å². The van der Waals surface area contributed by atoms with Crippen LogP contribution in [-0.2, 0) is 13.0 Å². The predicted octanol–water partition coefficient (Wildman–Crippen LogP) is 2.66. The fourth-order valence-corrected chi connectivity index (χ4v) is 1.59. The van der Waals surface area contributed by atoms with E-state index >= 15 is 0 Å². The highest BCUT2D eigenvalue weighted by atomic mass is 16.1. The van der Waals surface area contributed by atoms with Crippen molar-refractivity contribution in [3.63, 3.8) is 0 Å². The Morgan fingerprint density at radius 2 is 2.15 bits per heavy atom. The molecule has 0 aromatic carbocycles. The van der Waals surface area contributed by atoms with E-state index in [1.807, 2.05) is 6.07 Å². The summed E-state index contributed by atoms with van der Waals surface area (Å²) in [4.78, 5) is 10.7. The lowest BCUT2D eigenvalue weighted by Crippen LogP contribution is -2.04. The van der Waals surface area contributed by atoms with Gasteiger partial charge in [-0.3, -0.25) is 4.79 Å². The third-order valence-electron chi connectivity index (χ3n) is 2.33. The number of unbranched alkanes of at least 4 members (excludes halogenated alkanes) is 1. The second-order valence-corrected chi connectivity index (χ2v) is 3.22. The number of carbonyl (C=O) groups is 1. The van der Waals surface area contributed by atoms with Crippen LogP contribution in [0.1, 0.15) is 42.9 Å². The van der Waals surface area contributed by atoms with E-state index in [0.717, 1.165) is 24.9 Å². The molecule has 0 saturated heterocycles. The Kier molecular flexibility index (Phi) is 3.74. The van der Waals surface area contributed by atoms with Gasteiger partial charge in [-0.15, -0.1) is 0 Å². The second-order valence-electron chi connectivity index (χ2n) is 3.22. The van der Waals surface area contributed by atoms with Crippen LogP contribution in [0.15, 0.2) is 12.1 Å². The van der Waals surface area contributed by atoms with Crippen LogP contribution in [0.2, 0.25) is 0 Å². The van der Waals surface area contributed by atoms with E-state index in [4.69, 9.17) is 0 Å². The summed E-state index contributed by atoms with van der Waals surface area (Å²) in [5.41, 5.74) is 2.08. The third-order valence-corrected chi connectivity index (χ3v) is 2.33. The normalized spacial score (nSPS) is 10.3. The minimum Gasteiger partial charge on any atom is -0.343 e. The molecule has 72 valence electrons. The lowest BCUT2D eigenvalue weighted by Gasteiger charge is -2.06. The summed E-state index contributed by atoms with van der Waals surface area (Å²) in [6.07, 6.45) is 4.41. The van der Waals surface area contributed by atoms with E-state index < -0.39 is 0 Å². The fraction of sp³-hybridized carbons (Fsp3) is 0.545. The Morgan fingerprint density at radius 1 is 1.38 bits per heavy atom. The van der Waals surface area contributed by atoms with Crippen molar-refractivity contribution in [3.8, 4) is 0 Å². The van der Waals surface area contributed by atoms with Crippen molar-refractivity contribution in [1.29, 1.82) is 0 Å². The highest BCUT2D eigenvalue weighted by Crippen LogP contribution is 2.10. The first-order chi connectivity index (χ1) is 6.33. The summed E-state index contributed by atoms with van der Waals surface area (Å²) >= 11 is 0. The molecule has 0 bridgehead atoms. The molecule has 0 spiro atoms. The maximum atomic E-state index is 10.7. The molecule has 0 aliphatic rings. The summed E-state index contributed by atoms with van der Waals surface area (Å²) in [5.74, 6) is 0. The molecule has 1 rings (SSSR count). The minimum atomic E-state index is 0.800. The van der Waals surface area contributed by atoms with Gasteiger partial charge in [-0.05, 0) is 31.9 Å². The average molecular weight is 179 g/mol. The largest absolute Gasteiger partial charge is 0.343 e. The lowest BCUT2D eigenvalue weighted by atomic mass is 10.2. The zero-order chi connectivity index (χ0) is 9.68. The molecule has 1 aromatic rings. The topological polar surface area (TPSA) is 22.0 Å². The maximum Gasteiger partial charge on any atom is 0.166 e. The van der Waals surface area contributed by atoms with Crippen LogP contribution >= 0.6 is 0 Å². The van der Waals surface area contributed by atoms with Gasteiger partial charge in [-0.1, -0.05) is 13.3 Å². The molecule has 2 heteroatoms. The van der Waals surface area contributed by atoms with Crippen molar-refractivity contribution >= 4 is 6.29 Å². The number of rotatable bonds is 5. The molecule has 1 heterocycles. The number of hydrogen-bond donors (Lipinski definition) is 0. The first-order valence-electron chi connectivity index (χ1n) is 4.97. The highest BCUT2D eigenvalue weighted by Gasteiger charge is 2.04. The molecule has 0 aliphatic heterocycles. The van der Waals surface area contributed by atoms with Crippen LogP contribution in [0.3, 0.4) is 0 Å². The number of aromatic nitrogens is 1. The highest BCUT2D eigenvalue weighted by molar-refractivity contribution is 5.72. The van der Waals surface area contributed by atoms with Crippen molar-refractivity contribution in [2.24, 2.45) is 0 Å². The molecular weight excluding hydrogens is 162 g/mol. The summed E-state index contributed by atoms with van der Waals surface area (Å²) in [6.45, 7) is 5.14. The zero-order valence-electron chi connectivity index (χ0n) is 8.42. The number of carbonyl (C=O) groups excluding carboxylic acids is 1. The molecule has 0 amide bonds. The Hall–Kier alpha value is -1.05. The number of aryl methyl sites for hydroxylation is 1. The van der Waals surface area contributed by atoms with Gasteiger partial charge in [0.1, 0.15) is 0 Å². The molecule has 0 saturated carbocycles. The average Bonchev–Trinajstić information content (AvgIpc) is 2.56. The number of nitrogens with zero attached hydrogens (tertiary/aromatic N) is 1. The van der Waals surface area contributed by atoms with Gasteiger partial charge < -0.3 is 4.57 Å². The van der Waals surface area contributed by atoms with Crippen LogP contribution in [0.25, 0.3) is 0 Å². The Bertz CT molecular complexity index is 276. The molecular formula is C11H17NO. The van der Waals surface area contributed by atoms with Gasteiger partial charge >= 0.3 is 0 Å². The molecule has 0 atom stereocenters. The van der Waals surface area contributed by atoms with E-state index in [-0.39, 0.29) is 0 Å². The van der Waals surface area contributed by atoms with Gasteiger partial charge in [-0.25, -0.2) is 0 Å². The van der Waals surface area contributed by atoms with Crippen molar-refractivity contribution in [1.82, 2.24) is 4.57 Å². The predicted molar refractivity (Wildman–Crippen MR) is 54.1 cm³/mol. The summed E-state index contributed by atoms with van der Waals surface area (Å²) in [7, 11) is 0. The quantitative estimate of drug-likeness (QED) is 0.637. The lowest BCUT2D eigenvalue weighted by molar-refractivity contribution is 0.111. The smallest absolute Gasteiger partial charge is 0.166 e. The van der Waals surface area contributed by atoms with Crippen LogP contribution in [0, 0.1) is 0 Å². The Labute approximate surface area is 79.6 Å². The van der Waals surface area contributed by atoms with Crippen LogP contribution in [0.5, 0.6) is 0 Å². The molecule has 2 nitrogen and oxygen atoms in total. The van der Waals surface area contributed by atoms with Crippen LogP contribution < -0.4 is 0 Å². The Morgan fingerprint density at radius 3 is 2.69 bits per heavy atom. The molecule has 0 radical (unpaired) electrons. The van der Waals surface area contributed by atoms with Gasteiger partial charge in [0.25, 0.3) is 0 Å². The first-order valence-corrected chi connectivity index (χ1v) is 4.97. The molecule has 0 fully saturated rings. The van der Waals surface area contributed by atoms with Crippen molar-refractivity contribution in [2.45, 2.75) is 39.7 Å². The minimum absolute atomic E-state index is 0.800. The molecule has 1 aromatic heterocycles. The monoisotopic (exact) mass is 179 g/mol.